The lowest BCUT2D eigenvalue weighted by Gasteiger charge is -2.25. The first-order valence-electron chi connectivity index (χ1n) is 11.0. The van der Waals surface area contributed by atoms with E-state index in [1.165, 1.54) is 4.90 Å². The molecule has 2 saturated heterocycles. The van der Waals surface area contributed by atoms with Crippen molar-refractivity contribution in [3.8, 4) is 5.75 Å². The number of alkyl halides is 4. The molecule has 2 unspecified atom stereocenters. The molecule has 1 aromatic carbocycles. The number of hydrogen-bond donors (Lipinski definition) is 1. The zero-order valence-electron chi connectivity index (χ0n) is 19.3. The summed E-state index contributed by atoms with van der Waals surface area (Å²) in [6.45, 7) is 6.45. The van der Waals surface area contributed by atoms with Crippen molar-refractivity contribution in [1.29, 1.82) is 0 Å². The lowest BCUT2D eigenvalue weighted by Crippen LogP contribution is -2.37. The maximum atomic E-state index is 14.5. The van der Waals surface area contributed by atoms with Gasteiger partial charge in [-0.15, -0.1) is 0 Å². The van der Waals surface area contributed by atoms with Gasteiger partial charge in [-0.3, -0.25) is 4.79 Å². The Morgan fingerprint density at radius 2 is 1.77 bits per heavy atom. The summed E-state index contributed by atoms with van der Waals surface area (Å²) in [5.41, 5.74) is -0.793. The lowest BCUT2D eigenvalue weighted by molar-refractivity contribution is -0.253. The topological polar surface area (TPSA) is 78.8 Å². The number of carbonyl (C=O) groups is 1. The summed E-state index contributed by atoms with van der Waals surface area (Å²) >= 11 is 0. The van der Waals surface area contributed by atoms with E-state index in [0.717, 1.165) is 18.2 Å². The summed E-state index contributed by atoms with van der Waals surface area (Å²) in [5.74, 6) is -2.57. The van der Waals surface area contributed by atoms with Crippen LogP contribution in [0.1, 0.15) is 35.6 Å². The number of ether oxygens (including phenoxy) is 1. The summed E-state index contributed by atoms with van der Waals surface area (Å²) in [5, 5.41) is 10.3. The highest BCUT2D eigenvalue weighted by Crippen LogP contribution is 2.37. The van der Waals surface area contributed by atoms with Crippen LogP contribution in [0.2, 0.25) is 0 Å². The van der Waals surface area contributed by atoms with Crippen LogP contribution < -0.4 is 9.64 Å². The fourth-order valence-corrected chi connectivity index (χ4v) is 4.48. The van der Waals surface area contributed by atoms with Crippen molar-refractivity contribution >= 4 is 11.9 Å². The van der Waals surface area contributed by atoms with Gasteiger partial charge in [-0.2, -0.15) is 17.6 Å². The Bertz CT molecular complexity index is 1110. The van der Waals surface area contributed by atoms with Crippen LogP contribution in [0.25, 0.3) is 0 Å². The molecule has 1 amide bonds. The van der Waals surface area contributed by atoms with Crippen LogP contribution >= 0.6 is 0 Å². The van der Waals surface area contributed by atoms with Gasteiger partial charge in [-0.05, 0) is 39.0 Å². The number of aryl methyl sites for hydroxylation is 1. The predicted molar refractivity (Wildman–Crippen MR) is 115 cm³/mol. The van der Waals surface area contributed by atoms with Gasteiger partial charge in [0, 0.05) is 43.7 Å². The van der Waals surface area contributed by atoms with E-state index in [2.05, 4.69) is 14.7 Å². The third-order valence-corrected chi connectivity index (χ3v) is 6.21. The smallest absolute Gasteiger partial charge is 0.427 e. The van der Waals surface area contributed by atoms with Gasteiger partial charge < -0.3 is 19.6 Å². The van der Waals surface area contributed by atoms with Gasteiger partial charge in [0.1, 0.15) is 22.7 Å². The lowest BCUT2D eigenvalue weighted by atomic mass is 10.0. The number of rotatable bonds is 6. The fourth-order valence-electron chi connectivity index (χ4n) is 4.48. The van der Waals surface area contributed by atoms with Crippen molar-refractivity contribution in [3.63, 3.8) is 0 Å². The monoisotopic (exact) mass is 500 g/mol. The molecule has 2 aromatic rings. The molecule has 0 spiro atoms. The van der Waals surface area contributed by atoms with Crippen molar-refractivity contribution < 1.29 is 36.6 Å². The van der Waals surface area contributed by atoms with Crippen molar-refractivity contribution in [3.05, 3.63) is 47.0 Å². The number of fused-ring (bicyclic) bond motifs is 1. The summed E-state index contributed by atoms with van der Waals surface area (Å²) in [6.07, 6.45) is -9.02. The number of carbonyl (C=O) groups excluding carboxylic acids is 1. The van der Waals surface area contributed by atoms with Crippen molar-refractivity contribution in [1.82, 2.24) is 14.9 Å². The van der Waals surface area contributed by atoms with Gasteiger partial charge in [0.2, 0.25) is 5.95 Å². The van der Waals surface area contributed by atoms with Gasteiger partial charge >= 0.3 is 12.5 Å². The predicted octanol–water partition coefficient (Wildman–Crippen LogP) is 3.60. The molecule has 7 nitrogen and oxygen atoms in total. The van der Waals surface area contributed by atoms with E-state index in [0.29, 0.717) is 30.4 Å². The second-order valence-corrected chi connectivity index (χ2v) is 9.47. The number of halogens is 5. The third-order valence-electron chi connectivity index (χ3n) is 6.21. The minimum absolute atomic E-state index is 0.0210. The average Bonchev–Trinajstić information content (AvgIpc) is 3.31. The van der Waals surface area contributed by atoms with Crippen LogP contribution in [-0.4, -0.2) is 64.6 Å². The summed E-state index contributed by atoms with van der Waals surface area (Å²) < 4.78 is 70.6. The van der Waals surface area contributed by atoms with Gasteiger partial charge in [0.25, 0.3) is 5.91 Å². The second-order valence-electron chi connectivity index (χ2n) is 9.47. The molecule has 2 aliphatic heterocycles. The largest absolute Gasteiger partial charge is 0.461 e. The zero-order chi connectivity index (χ0) is 25.7. The zero-order valence-corrected chi connectivity index (χ0v) is 19.3. The Morgan fingerprint density at radius 3 is 2.34 bits per heavy atom. The Kier molecular flexibility index (Phi) is 6.37. The van der Waals surface area contributed by atoms with Crippen LogP contribution in [-0.2, 0) is 5.60 Å². The molecular formula is C23H25F5N4O3. The number of benzene rings is 1. The molecule has 0 radical (unpaired) electrons. The number of nitrogens with zero attached hydrogens (tertiary/aromatic N) is 4. The molecule has 35 heavy (non-hydrogen) atoms. The molecule has 1 N–H and O–H groups in total. The minimum Gasteiger partial charge on any atom is -0.427 e. The van der Waals surface area contributed by atoms with E-state index in [1.807, 2.05) is 4.90 Å². The number of aromatic nitrogens is 2. The highest BCUT2D eigenvalue weighted by atomic mass is 19.3. The van der Waals surface area contributed by atoms with E-state index in [4.69, 9.17) is 0 Å². The van der Waals surface area contributed by atoms with Crippen molar-refractivity contribution in [2.45, 2.75) is 38.9 Å². The molecule has 3 heterocycles. The molecule has 2 atom stereocenters. The number of amides is 1. The van der Waals surface area contributed by atoms with Gasteiger partial charge in [0.05, 0.1) is 5.69 Å². The van der Waals surface area contributed by atoms with Gasteiger partial charge in [-0.1, -0.05) is 6.07 Å². The Morgan fingerprint density at radius 1 is 1.14 bits per heavy atom. The SMILES string of the molecule is Cc1cc(C(C)(C)O)nc(N2CC3CN(C(=O)c4c(F)cccc4OC(F)(F)C(F)F)CC3C2)n1. The van der Waals surface area contributed by atoms with Crippen LogP contribution in [0.4, 0.5) is 27.9 Å². The highest BCUT2D eigenvalue weighted by molar-refractivity contribution is 5.97. The average molecular weight is 500 g/mol. The molecule has 12 heteroatoms. The number of aliphatic hydroxyl groups is 1. The molecule has 0 bridgehead atoms. The fraction of sp³-hybridized carbons (Fsp3) is 0.522. The van der Waals surface area contributed by atoms with Gasteiger partial charge in [-0.25, -0.2) is 14.4 Å². The number of anilines is 1. The van der Waals surface area contributed by atoms with Crippen LogP contribution in [0.3, 0.4) is 0 Å². The number of likely N-dealkylation sites (tertiary alicyclic amines) is 1. The van der Waals surface area contributed by atoms with E-state index in [-0.39, 0.29) is 24.9 Å². The first-order valence-corrected chi connectivity index (χ1v) is 11.0. The maximum absolute atomic E-state index is 14.5. The molecule has 2 aliphatic rings. The third kappa shape index (κ3) is 5.02. The van der Waals surface area contributed by atoms with E-state index >= 15 is 0 Å². The molecule has 0 saturated carbocycles. The molecule has 0 aliphatic carbocycles. The molecule has 2 fully saturated rings. The minimum atomic E-state index is -4.87. The second kappa shape index (κ2) is 8.89. The molecule has 1 aromatic heterocycles. The van der Waals surface area contributed by atoms with Crippen LogP contribution in [0, 0.1) is 24.6 Å². The van der Waals surface area contributed by atoms with Crippen LogP contribution in [0.5, 0.6) is 5.75 Å². The van der Waals surface area contributed by atoms with E-state index in [9.17, 15) is 31.9 Å². The van der Waals surface area contributed by atoms with E-state index < -0.39 is 41.2 Å². The first kappa shape index (κ1) is 25.1. The van der Waals surface area contributed by atoms with E-state index in [1.54, 1.807) is 26.8 Å². The normalized spacial score (nSPS) is 20.5. The standard InChI is InChI=1S/C23H25F5N4O3/c1-12-7-17(22(2,3)34)30-21(29-12)32-10-13-8-31(9-14(13)11-32)19(33)18-15(24)5-4-6-16(18)35-23(27,28)20(25)26/h4-7,13-14,20,34H,8-11H2,1-3H3. The molecule has 190 valence electrons. The quantitative estimate of drug-likeness (QED) is 0.611. The molecule has 4 rings (SSSR count). The van der Waals surface area contributed by atoms with Crippen molar-refractivity contribution in [2.24, 2.45) is 11.8 Å². The Balaban J connectivity index is 1.49. The van der Waals surface area contributed by atoms with Crippen molar-refractivity contribution in [2.75, 3.05) is 31.1 Å². The summed E-state index contributed by atoms with van der Waals surface area (Å²) in [4.78, 5) is 25.2. The summed E-state index contributed by atoms with van der Waals surface area (Å²) in [6, 6.07) is 4.45. The Labute approximate surface area is 198 Å². The summed E-state index contributed by atoms with van der Waals surface area (Å²) in [7, 11) is 0. The number of hydrogen-bond acceptors (Lipinski definition) is 6. The van der Waals surface area contributed by atoms with Crippen LogP contribution in [0.15, 0.2) is 24.3 Å². The molecular weight excluding hydrogens is 475 g/mol. The highest BCUT2D eigenvalue weighted by Gasteiger charge is 2.46. The van der Waals surface area contributed by atoms with Gasteiger partial charge in [0.15, 0.2) is 0 Å². The first-order chi connectivity index (χ1) is 16.3. The Hall–Kier alpha value is -3.02. The maximum Gasteiger partial charge on any atom is 0.461 e.